The second kappa shape index (κ2) is 8.55. The van der Waals surface area contributed by atoms with Gasteiger partial charge in [-0.2, -0.15) is 0 Å². The summed E-state index contributed by atoms with van der Waals surface area (Å²) < 4.78 is 0. The number of nitrogens with zero attached hydrogens (tertiary/aromatic N) is 1. The Balaban J connectivity index is 2.22. The number of nitrogens with one attached hydrogen (secondary N) is 1. The minimum absolute atomic E-state index is 0.507. The van der Waals surface area contributed by atoms with Crippen LogP contribution in [0.3, 0.4) is 0 Å². The molecule has 118 valence electrons. The van der Waals surface area contributed by atoms with Gasteiger partial charge in [0.05, 0.1) is 0 Å². The van der Waals surface area contributed by atoms with Crippen molar-refractivity contribution in [2.45, 2.75) is 65.0 Å². The summed E-state index contributed by atoms with van der Waals surface area (Å²) in [6.45, 7) is 10.4. The highest BCUT2D eigenvalue weighted by Gasteiger charge is 2.32. The van der Waals surface area contributed by atoms with E-state index in [9.17, 15) is 0 Å². The second-order valence-corrected chi connectivity index (χ2v) is 6.27. The molecule has 2 nitrogen and oxygen atoms in total. The van der Waals surface area contributed by atoms with E-state index in [0.717, 1.165) is 6.54 Å². The summed E-state index contributed by atoms with van der Waals surface area (Å²) in [6.07, 6.45) is 6.22. The minimum Gasteiger partial charge on any atom is -0.309 e. The van der Waals surface area contributed by atoms with Gasteiger partial charge in [-0.15, -0.1) is 0 Å². The van der Waals surface area contributed by atoms with Crippen molar-refractivity contribution in [1.29, 1.82) is 0 Å². The molecule has 2 rings (SSSR count). The molecule has 1 aliphatic carbocycles. The Morgan fingerprint density at radius 2 is 1.76 bits per heavy atom. The van der Waals surface area contributed by atoms with Crippen LogP contribution in [0.2, 0.25) is 0 Å². The predicted molar refractivity (Wildman–Crippen MR) is 91.7 cm³/mol. The van der Waals surface area contributed by atoms with Crippen molar-refractivity contribution in [2.75, 3.05) is 19.6 Å². The Bertz CT molecular complexity index is 410. The lowest BCUT2D eigenvalue weighted by atomic mass is 9.83. The minimum atomic E-state index is 0.507. The highest BCUT2D eigenvalue weighted by atomic mass is 15.2. The molecule has 0 aromatic heterocycles. The number of hydrogen-bond donors (Lipinski definition) is 1. The Hall–Kier alpha value is -0.860. The first-order valence-electron chi connectivity index (χ1n) is 8.87. The maximum Gasteiger partial charge on any atom is 0.0481 e. The van der Waals surface area contributed by atoms with Crippen LogP contribution in [-0.2, 0) is 6.42 Å². The van der Waals surface area contributed by atoms with Gasteiger partial charge in [-0.05, 0) is 62.9 Å². The van der Waals surface area contributed by atoms with Crippen molar-refractivity contribution >= 4 is 0 Å². The molecule has 0 saturated carbocycles. The third-order valence-corrected chi connectivity index (χ3v) is 4.59. The largest absolute Gasteiger partial charge is 0.309 e. The average Bonchev–Trinajstić information content (AvgIpc) is 2.52. The molecule has 0 amide bonds. The third-order valence-electron chi connectivity index (χ3n) is 4.59. The molecule has 0 heterocycles. The fourth-order valence-electron chi connectivity index (χ4n) is 3.70. The van der Waals surface area contributed by atoms with Gasteiger partial charge in [0, 0.05) is 12.1 Å². The van der Waals surface area contributed by atoms with E-state index in [0.29, 0.717) is 12.1 Å². The predicted octanol–water partition coefficient (Wildman–Crippen LogP) is 4.16. The van der Waals surface area contributed by atoms with Crippen LogP contribution in [-0.4, -0.2) is 30.6 Å². The van der Waals surface area contributed by atoms with Crippen LogP contribution < -0.4 is 5.32 Å². The van der Waals surface area contributed by atoms with E-state index >= 15 is 0 Å². The van der Waals surface area contributed by atoms with Crippen LogP contribution in [0.15, 0.2) is 24.3 Å². The first-order chi connectivity index (χ1) is 10.3. The molecule has 21 heavy (non-hydrogen) atoms. The molecule has 1 aromatic rings. The summed E-state index contributed by atoms with van der Waals surface area (Å²) >= 11 is 0. The number of benzene rings is 1. The van der Waals surface area contributed by atoms with Crippen molar-refractivity contribution in [1.82, 2.24) is 10.2 Å². The van der Waals surface area contributed by atoms with Gasteiger partial charge in [0.2, 0.25) is 0 Å². The second-order valence-electron chi connectivity index (χ2n) is 6.27. The Morgan fingerprint density at radius 3 is 2.43 bits per heavy atom. The molecule has 2 atom stereocenters. The molecular weight excluding hydrogens is 256 g/mol. The van der Waals surface area contributed by atoms with Crippen LogP contribution in [0, 0.1) is 0 Å². The Kier molecular flexibility index (Phi) is 6.72. The number of aryl methyl sites for hydroxylation is 1. The summed E-state index contributed by atoms with van der Waals surface area (Å²) in [5.74, 6) is 0. The summed E-state index contributed by atoms with van der Waals surface area (Å²) in [5.41, 5.74) is 3.09. The zero-order valence-electron chi connectivity index (χ0n) is 14.1. The molecule has 1 aromatic carbocycles. The van der Waals surface area contributed by atoms with Crippen LogP contribution >= 0.6 is 0 Å². The van der Waals surface area contributed by atoms with Crippen LogP contribution in [0.5, 0.6) is 0 Å². The van der Waals surface area contributed by atoms with Crippen molar-refractivity contribution in [3.8, 4) is 0 Å². The van der Waals surface area contributed by atoms with Gasteiger partial charge in [0.1, 0.15) is 0 Å². The lowest BCUT2D eigenvalue weighted by molar-refractivity contribution is 0.140. The number of hydrogen-bond acceptors (Lipinski definition) is 2. The van der Waals surface area contributed by atoms with Gasteiger partial charge in [-0.25, -0.2) is 0 Å². The fraction of sp³-hybridized carbons (Fsp3) is 0.684. The third kappa shape index (κ3) is 4.08. The topological polar surface area (TPSA) is 15.3 Å². The lowest BCUT2D eigenvalue weighted by Crippen LogP contribution is -2.48. The highest BCUT2D eigenvalue weighted by Crippen LogP contribution is 2.33. The van der Waals surface area contributed by atoms with E-state index in [1.807, 2.05) is 0 Å². The summed E-state index contributed by atoms with van der Waals surface area (Å²) in [7, 11) is 0. The van der Waals surface area contributed by atoms with Crippen molar-refractivity contribution in [2.24, 2.45) is 0 Å². The SMILES string of the molecule is CCCNC1c2ccccc2CCC1N(CCC)CCC. The van der Waals surface area contributed by atoms with Crippen molar-refractivity contribution in [3.05, 3.63) is 35.4 Å². The number of fused-ring (bicyclic) bond motifs is 1. The molecule has 1 aliphatic rings. The van der Waals surface area contributed by atoms with Gasteiger partial charge in [-0.3, -0.25) is 4.90 Å². The first-order valence-corrected chi connectivity index (χ1v) is 8.87. The monoisotopic (exact) mass is 288 g/mol. The maximum absolute atomic E-state index is 3.83. The molecule has 0 spiro atoms. The maximum atomic E-state index is 3.83. The van der Waals surface area contributed by atoms with E-state index in [1.54, 1.807) is 11.1 Å². The van der Waals surface area contributed by atoms with Crippen LogP contribution in [0.1, 0.15) is 63.6 Å². The summed E-state index contributed by atoms with van der Waals surface area (Å²) in [5, 5.41) is 3.83. The van der Waals surface area contributed by atoms with Crippen LogP contribution in [0.4, 0.5) is 0 Å². The van der Waals surface area contributed by atoms with E-state index < -0.39 is 0 Å². The number of rotatable bonds is 8. The van der Waals surface area contributed by atoms with E-state index in [4.69, 9.17) is 0 Å². The lowest BCUT2D eigenvalue weighted by Gasteiger charge is -2.41. The van der Waals surface area contributed by atoms with Gasteiger partial charge < -0.3 is 5.32 Å². The standard InChI is InChI=1S/C19H32N2/c1-4-13-20-19-17-10-8-7-9-16(17)11-12-18(19)21(14-5-2)15-6-3/h7-10,18-20H,4-6,11-15H2,1-3H3. The quantitative estimate of drug-likeness (QED) is 0.772. The smallest absolute Gasteiger partial charge is 0.0481 e. The molecular formula is C19H32N2. The van der Waals surface area contributed by atoms with Gasteiger partial charge in [0.25, 0.3) is 0 Å². The van der Waals surface area contributed by atoms with Gasteiger partial charge in [0.15, 0.2) is 0 Å². The van der Waals surface area contributed by atoms with Crippen LogP contribution in [0.25, 0.3) is 0 Å². The molecule has 0 aliphatic heterocycles. The zero-order valence-corrected chi connectivity index (χ0v) is 14.1. The van der Waals surface area contributed by atoms with E-state index in [-0.39, 0.29) is 0 Å². The van der Waals surface area contributed by atoms with E-state index in [1.165, 1.54) is 45.2 Å². The molecule has 2 unspecified atom stereocenters. The molecule has 1 N–H and O–H groups in total. The van der Waals surface area contributed by atoms with Crippen molar-refractivity contribution in [3.63, 3.8) is 0 Å². The summed E-state index contributed by atoms with van der Waals surface area (Å²) in [6, 6.07) is 10.2. The normalized spacial score (nSPS) is 21.5. The summed E-state index contributed by atoms with van der Waals surface area (Å²) in [4.78, 5) is 2.73. The Labute approximate surface area is 130 Å². The Morgan fingerprint density at radius 1 is 1.05 bits per heavy atom. The molecule has 0 bridgehead atoms. The van der Waals surface area contributed by atoms with E-state index in [2.05, 4.69) is 55.3 Å². The molecule has 2 heteroatoms. The first kappa shape index (κ1) is 16.5. The van der Waals surface area contributed by atoms with Gasteiger partial charge in [-0.1, -0.05) is 45.0 Å². The average molecular weight is 288 g/mol. The molecule has 0 fully saturated rings. The zero-order chi connectivity index (χ0) is 15.1. The van der Waals surface area contributed by atoms with Gasteiger partial charge >= 0.3 is 0 Å². The van der Waals surface area contributed by atoms with Crippen molar-refractivity contribution < 1.29 is 0 Å². The fourth-order valence-corrected chi connectivity index (χ4v) is 3.70. The molecule has 0 radical (unpaired) electrons. The molecule has 0 saturated heterocycles. The highest BCUT2D eigenvalue weighted by molar-refractivity contribution is 5.34.